The lowest BCUT2D eigenvalue weighted by Gasteiger charge is -2.17. The minimum atomic E-state index is -4.68. The third-order valence-electron chi connectivity index (χ3n) is 3.26. The van der Waals surface area contributed by atoms with Crippen molar-refractivity contribution in [3.63, 3.8) is 0 Å². The van der Waals surface area contributed by atoms with Crippen LogP contribution in [-0.2, 0) is 6.54 Å². The minimum Gasteiger partial charge on any atom is -0.467 e. The average Bonchev–Trinajstić information content (AvgIpc) is 2.99. The summed E-state index contributed by atoms with van der Waals surface area (Å²) in [5.41, 5.74) is 0.818. The molecule has 4 nitrogen and oxygen atoms in total. The number of alkyl halides is 3. The van der Waals surface area contributed by atoms with Crippen LogP contribution in [0.5, 0.6) is 5.75 Å². The van der Waals surface area contributed by atoms with Crippen LogP contribution in [0.4, 0.5) is 13.2 Å². The number of rotatable bonds is 7. The van der Waals surface area contributed by atoms with Crippen molar-refractivity contribution in [1.29, 1.82) is 0 Å². The number of hydrogen-bond acceptors (Lipinski definition) is 4. The fourth-order valence-electron chi connectivity index (χ4n) is 2.12. The Morgan fingerprint density at radius 1 is 1.22 bits per heavy atom. The standard InChI is InChI=1S/C16H18F3NO3/c1-11(9-14(21)15-3-2-8-22-15)20-10-12-4-6-13(7-5-12)23-16(17,18)19/h2-8,11,14,20-21H,9-10H2,1H3. The number of hydrogen-bond donors (Lipinski definition) is 2. The second-order valence-corrected chi connectivity index (χ2v) is 5.24. The van der Waals surface area contributed by atoms with Gasteiger partial charge in [-0.15, -0.1) is 13.2 Å². The fourth-order valence-corrected chi connectivity index (χ4v) is 2.12. The summed E-state index contributed by atoms with van der Waals surface area (Å²) in [4.78, 5) is 0. The Balaban J connectivity index is 1.79. The molecule has 2 N–H and O–H groups in total. The molecule has 2 rings (SSSR count). The molecule has 1 heterocycles. The number of nitrogens with one attached hydrogen (secondary N) is 1. The van der Waals surface area contributed by atoms with Crippen LogP contribution in [0.15, 0.2) is 47.1 Å². The maximum absolute atomic E-state index is 12.1. The molecule has 1 aromatic heterocycles. The molecule has 0 saturated heterocycles. The molecule has 2 aromatic rings. The van der Waals surface area contributed by atoms with Crippen LogP contribution < -0.4 is 10.1 Å². The van der Waals surface area contributed by atoms with E-state index >= 15 is 0 Å². The van der Waals surface area contributed by atoms with E-state index in [1.807, 2.05) is 6.92 Å². The van der Waals surface area contributed by atoms with Gasteiger partial charge in [-0.25, -0.2) is 0 Å². The van der Waals surface area contributed by atoms with Gasteiger partial charge in [0.25, 0.3) is 0 Å². The van der Waals surface area contributed by atoms with Gasteiger partial charge in [-0.3, -0.25) is 0 Å². The monoisotopic (exact) mass is 329 g/mol. The van der Waals surface area contributed by atoms with Crippen LogP contribution in [0, 0.1) is 0 Å². The summed E-state index contributed by atoms with van der Waals surface area (Å²) >= 11 is 0. The highest BCUT2D eigenvalue weighted by atomic mass is 19.4. The highest BCUT2D eigenvalue weighted by Gasteiger charge is 2.30. The van der Waals surface area contributed by atoms with Gasteiger partial charge >= 0.3 is 6.36 Å². The smallest absolute Gasteiger partial charge is 0.467 e. The number of furan rings is 1. The van der Waals surface area contributed by atoms with Crippen molar-refractivity contribution in [2.75, 3.05) is 0 Å². The highest BCUT2D eigenvalue weighted by molar-refractivity contribution is 5.27. The Morgan fingerprint density at radius 2 is 1.91 bits per heavy atom. The molecule has 126 valence electrons. The molecule has 1 aromatic carbocycles. The molecule has 23 heavy (non-hydrogen) atoms. The topological polar surface area (TPSA) is 54.6 Å². The zero-order chi connectivity index (χ0) is 16.9. The van der Waals surface area contributed by atoms with Gasteiger partial charge in [-0.1, -0.05) is 12.1 Å². The van der Waals surface area contributed by atoms with Gasteiger partial charge in [0.2, 0.25) is 0 Å². The SMILES string of the molecule is CC(CC(O)c1ccco1)NCc1ccc(OC(F)(F)F)cc1. The van der Waals surface area contributed by atoms with Crippen molar-refractivity contribution < 1.29 is 27.4 Å². The fraction of sp³-hybridized carbons (Fsp3) is 0.375. The summed E-state index contributed by atoms with van der Waals surface area (Å²) in [6.07, 6.45) is -3.42. The predicted molar refractivity (Wildman–Crippen MR) is 77.7 cm³/mol. The third-order valence-corrected chi connectivity index (χ3v) is 3.26. The maximum Gasteiger partial charge on any atom is 0.573 e. The summed E-state index contributed by atoms with van der Waals surface area (Å²) < 4.78 is 45.1. The molecule has 7 heteroatoms. The van der Waals surface area contributed by atoms with E-state index in [0.717, 1.165) is 5.56 Å². The van der Waals surface area contributed by atoms with Crippen molar-refractivity contribution in [2.45, 2.75) is 38.4 Å². The van der Waals surface area contributed by atoms with E-state index in [2.05, 4.69) is 10.1 Å². The van der Waals surface area contributed by atoms with Gasteiger partial charge in [0.05, 0.1) is 6.26 Å². The van der Waals surface area contributed by atoms with Crippen molar-refractivity contribution >= 4 is 0 Å². The zero-order valence-corrected chi connectivity index (χ0v) is 12.5. The van der Waals surface area contributed by atoms with E-state index in [4.69, 9.17) is 4.42 Å². The average molecular weight is 329 g/mol. The summed E-state index contributed by atoms with van der Waals surface area (Å²) in [7, 11) is 0. The summed E-state index contributed by atoms with van der Waals surface area (Å²) in [6.45, 7) is 2.38. The normalized spacial score (nSPS) is 14.5. The molecule has 0 aliphatic carbocycles. The largest absolute Gasteiger partial charge is 0.573 e. The van der Waals surface area contributed by atoms with Crippen LogP contribution in [0.25, 0.3) is 0 Å². The van der Waals surface area contributed by atoms with E-state index in [1.165, 1.54) is 18.4 Å². The lowest BCUT2D eigenvalue weighted by molar-refractivity contribution is -0.274. The first-order chi connectivity index (χ1) is 10.8. The first-order valence-corrected chi connectivity index (χ1v) is 7.13. The number of halogens is 3. The van der Waals surface area contributed by atoms with Gasteiger partial charge < -0.3 is 19.6 Å². The molecule has 0 fully saturated rings. The van der Waals surface area contributed by atoms with E-state index in [9.17, 15) is 18.3 Å². The summed E-state index contributed by atoms with van der Waals surface area (Å²) in [6, 6.07) is 9.08. The Labute approximate surface area is 131 Å². The molecule has 0 amide bonds. The molecule has 0 radical (unpaired) electrons. The second-order valence-electron chi connectivity index (χ2n) is 5.24. The maximum atomic E-state index is 12.1. The lowest BCUT2D eigenvalue weighted by Crippen LogP contribution is -2.27. The number of aliphatic hydroxyl groups is 1. The summed E-state index contributed by atoms with van der Waals surface area (Å²) in [5, 5.41) is 13.2. The predicted octanol–water partition coefficient (Wildman–Crippen LogP) is 3.78. The lowest BCUT2D eigenvalue weighted by atomic mass is 10.1. The van der Waals surface area contributed by atoms with Gasteiger partial charge in [0.1, 0.15) is 17.6 Å². The Kier molecular flexibility index (Phi) is 5.68. The van der Waals surface area contributed by atoms with E-state index in [1.54, 1.807) is 24.3 Å². The van der Waals surface area contributed by atoms with Crippen LogP contribution in [0.3, 0.4) is 0 Å². The first kappa shape index (κ1) is 17.4. The molecule has 0 aliphatic rings. The molecular weight excluding hydrogens is 311 g/mol. The molecule has 0 aliphatic heterocycles. The zero-order valence-electron chi connectivity index (χ0n) is 12.5. The van der Waals surface area contributed by atoms with Gasteiger partial charge in [0.15, 0.2) is 0 Å². The van der Waals surface area contributed by atoms with Crippen LogP contribution in [-0.4, -0.2) is 17.5 Å². The van der Waals surface area contributed by atoms with Crippen molar-refractivity contribution in [2.24, 2.45) is 0 Å². The van der Waals surface area contributed by atoms with E-state index in [0.29, 0.717) is 18.7 Å². The number of benzene rings is 1. The quantitative estimate of drug-likeness (QED) is 0.812. The molecule has 2 unspecified atom stereocenters. The van der Waals surface area contributed by atoms with Crippen molar-refractivity contribution in [3.8, 4) is 5.75 Å². The third kappa shape index (κ3) is 5.96. The van der Waals surface area contributed by atoms with E-state index < -0.39 is 12.5 Å². The van der Waals surface area contributed by atoms with Gasteiger partial charge in [0, 0.05) is 12.6 Å². The van der Waals surface area contributed by atoms with Crippen molar-refractivity contribution in [1.82, 2.24) is 5.32 Å². The molecule has 0 spiro atoms. The first-order valence-electron chi connectivity index (χ1n) is 7.13. The van der Waals surface area contributed by atoms with Gasteiger partial charge in [-0.05, 0) is 43.2 Å². The Morgan fingerprint density at radius 3 is 2.48 bits per heavy atom. The van der Waals surface area contributed by atoms with Crippen LogP contribution in [0.1, 0.15) is 30.8 Å². The van der Waals surface area contributed by atoms with Gasteiger partial charge in [-0.2, -0.15) is 0 Å². The van der Waals surface area contributed by atoms with E-state index in [-0.39, 0.29) is 11.8 Å². The molecule has 0 bridgehead atoms. The highest BCUT2D eigenvalue weighted by Crippen LogP contribution is 2.23. The Bertz CT molecular complexity index is 582. The number of ether oxygens (including phenoxy) is 1. The molecular formula is C16H18F3NO3. The van der Waals surface area contributed by atoms with Crippen LogP contribution >= 0.6 is 0 Å². The second kappa shape index (κ2) is 7.52. The number of aliphatic hydroxyl groups excluding tert-OH is 1. The minimum absolute atomic E-state index is 0.00111. The molecule has 0 saturated carbocycles. The molecule has 2 atom stereocenters. The van der Waals surface area contributed by atoms with Crippen molar-refractivity contribution in [3.05, 3.63) is 54.0 Å². The summed E-state index contributed by atoms with van der Waals surface area (Å²) in [5.74, 6) is 0.259. The Hall–Kier alpha value is -1.99. The van der Waals surface area contributed by atoms with Crippen LogP contribution in [0.2, 0.25) is 0 Å².